The summed E-state index contributed by atoms with van der Waals surface area (Å²) in [7, 11) is 0. The highest BCUT2D eigenvalue weighted by atomic mass is 16.2. The largest absolute Gasteiger partial charge is 0.354 e. The van der Waals surface area contributed by atoms with E-state index in [0.29, 0.717) is 13.1 Å². The first-order chi connectivity index (χ1) is 12.2. The van der Waals surface area contributed by atoms with E-state index in [1.807, 2.05) is 11.8 Å². The van der Waals surface area contributed by atoms with Crippen LogP contribution in [0.1, 0.15) is 19.8 Å². The number of anilines is 1. The third-order valence-corrected chi connectivity index (χ3v) is 4.94. The molecule has 1 aromatic heterocycles. The summed E-state index contributed by atoms with van der Waals surface area (Å²) in [5, 5.41) is 2.87. The Labute approximate surface area is 148 Å². The minimum Gasteiger partial charge on any atom is -0.354 e. The topological polar surface area (TPSA) is 81.7 Å². The van der Waals surface area contributed by atoms with Crippen molar-refractivity contribution in [3.05, 3.63) is 18.6 Å². The number of carbonyl (C=O) groups excluding carboxylic acids is 2. The van der Waals surface area contributed by atoms with Gasteiger partial charge in [0.25, 0.3) is 0 Å². The Morgan fingerprint density at radius 1 is 1.24 bits per heavy atom. The summed E-state index contributed by atoms with van der Waals surface area (Å²) in [4.78, 5) is 39.5. The highest BCUT2D eigenvalue weighted by molar-refractivity contribution is 5.88. The van der Waals surface area contributed by atoms with Crippen LogP contribution in [-0.4, -0.2) is 83.4 Å². The molecular formula is C17H26N6O2. The molecule has 0 saturated carbocycles. The molecule has 0 aromatic carbocycles. The van der Waals surface area contributed by atoms with Crippen LogP contribution in [0.15, 0.2) is 18.6 Å². The maximum absolute atomic E-state index is 12.7. The first-order valence-corrected chi connectivity index (χ1v) is 8.99. The van der Waals surface area contributed by atoms with Gasteiger partial charge in [-0.1, -0.05) is 6.92 Å². The SMILES string of the molecule is CCN1CCNC(=O)C1CC(=O)N1CCCN(c2cnccn2)CC1. The van der Waals surface area contributed by atoms with Gasteiger partial charge in [-0.2, -0.15) is 0 Å². The van der Waals surface area contributed by atoms with Crippen LogP contribution in [-0.2, 0) is 9.59 Å². The molecule has 2 fully saturated rings. The second-order valence-electron chi connectivity index (χ2n) is 6.42. The third kappa shape index (κ3) is 4.25. The van der Waals surface area contributed by atoms with Gasteiger partial charge in [-0.3, -0.25) is 19.5 Å². The predicted octanol–water partition coefficient (Wildman–Crippen LogP) is -0.274. The van der Waals surface area contributed by atoms with E-state index < -0.39 is 0 Å². The maximum Gasteiger partial charge on any atom is 0.237 e. The Hall–Kier alpha value is -2.22. The molecule has 1 N–H and O–H groups in total. The van der Waals surface area contributed by atoms with Crippen molar-refractivity contribution in [2.24, 2.45) is 0 Å². The number of carbonyl (C=O) groups is 2. The van der Waals surface area contributed by atoms with Crippen molar-refractivity contribution in [1.29, 1.82) is 0 Å². The Kier molecular flexibility index (Phi) is 5.80. The summed E-state index contributed by atoms with van der Waals surface area (Å²) < 4.78 is 0. The number of piperazine rings is 1. The van der Waals surface area contributed by atoms with Crippen molar-refractivity contribution in [3.63, 3.8) is 0 Å². The summed E-state index contributed by atoms with van der Waals surface area (Å²) >= 11 is 0. The molecule has 0 bridgehead atoms. The van der Waals surface area contributed by atoms with Crippen molar-refractivity contribution in [2.75, 3.05) is 50.7 Å². The number of likely N-dealkylation sites (N-methyl/N-ethyl adjacent to an activating group) is 1. The van der Waals surface area contributed by atoms with E-state index in [-0.39, 0.29) is 24.3 Å². The van der Waals surface area contributed by atoms with E-state index in [1.165, 1.54) is 0 Å². The van der Waals surface area contributed by atoms with Crippen molar-refractivity contribution < 1.29 is 9.59 Å². The van der Waals surface area contributed by atoms with Gasteiger partial charge in [0, 0.05) is 51.7 Å². The zero-order valence-electron chi connectivity index (χ0n) is 14.7. The zero-order chi connectivity index (χ0) is 17.6. The quantitative estimate of drug-likeness (QED) is 0.808. The van der Waals surface area contributed by atoms with Crippen molar-refractivity contribution in [2.45, 2.75) is 25.8 Å². The van der Waals surface area contributed by atoms with E-state index >= 15 is 0 Å². The monoisotopic (exact) mass is 346 g/mol. The molecule has 3 rings (SSSR count). The molecule has 1 aromatic rings. The second-order valence-corrected chi connectivity index (χ2v) is 6.42. The number of hydrogen-bond donors (Lipinski definition) is 1. The van der Waals surface area contributed by atoms with E-state index in [4.69, 9.17) is 0 Å². The minimum atomic E-state index is -0.342. The predicted molar refractivity (Wildman–Crippen MR) is 94.1 cm³/mol. The fourth-order valence-electron chi connectivity index (χ4n) is 3.51. The average molecular weight is 346 g/mol. The summed E-state index contributed by atoms with van der Waals surface area (Å²) in [6.07, 6.45) is 6.24. The maximum atomic E-state index is 12.7. The molecule has 2 saturated heterocycles. The molecule has 0 spiro atoms. The van der Waals surface area contributed by atoms with Crippen LogP contribution in [0.4, 0.5) is 5.82 Å². The van der Waals surface area contributed by atoms with Crippen molar-refractivity contribution in [1.82, 2.24) is 25.1 Å². The van der Waals surface area contributed by atoms with Gasteiger partial charge in [-0.25, -0.2) is 4.98 Å². The lowest BCUT2D eigenvalue weighted by Gasteiger charge is -2.34. The van der Waals surface area contributed by atoms with Crippen molar-refractivity contribution >= 4 is 17.6 Å². The van der Waals surface area contributed by atoms with Gasteiger partial charge in [0.15, 0.2) is 0 Å². The normalized spacial score (nSPS) is 22.4. The number of nitrogens with zero attached hydrogens (tertiary/aromatic N) is 5. The lowest BCUT2D eigenvalue weighted by Crippen LogP contribution is -2.56. The number of amides is 2. The van der Waals surface area contributed by atoms with Crippen LogP contribution in [0.5, 0.6) is 0 Å². The average Bonchev–Trinajstić information content (AvgIpc) is 2.90. The van der Waals surface area contributed by atoms with Gasteiger partial charge >= 0.3 is 0 Å². The molecule has 25 heavy (non-hydrogen) atoms. The van der Waals surface area contributed by atoms with Gasteiger partial charge < -0.3 is 15.1 Å². The summed E-state index contributed by atoms with van der Waals surface area (Å²) in [5.74, 6) is 0.875. The first kappa shape index (κ1) is 17.6. The van der Waals surface area contributed by atoms with Crippen LogP contribution in [0, 0.1) is 0 Å². The highest BCUT2D eigenvalue weighted by Gasteiger charge is 2.32. The summed E-state index contributed by atoms with van der Waals surface area (Å²) in [6.45, 7) is 7.24. The fourth-order valence-corrected chi connectivity index (χ4v) is 3.51. The number of rotatable bonds is 4. The van der Waals surface area contributed by atoms with Crippen LogP contribution >= 0.6 is 0 Å². The van der Waals surface area contributed by atoms with Crippen molar-refractivity contribution in [3.8, 4) is 0 Å². The molecule has 8 nitrogen and oxygen atoms in total. The zero-order valence-corrected chi connectivity index (χ0v) is 14.7. The van der Waals surface area contributed by atoms with E-state index in [2.05, 4.69) is 25.1 Å². The fraction of sp³-hybridized carbons (Fsp3) is 0.647. The molecule has 136 valence electrons. The summed E-state index contributed by atoms with van der Waals surface area (Å²) in [6, 6.07) is -0.342. The lowest BCUT2D eigenvalue weighted by atomic mass is 10.1. The van der Waals surface area contributed by atoms with Crippen LogP contribution in [0.25, 0.3) is 0 Å². The molecular weight excluding hydrogens is 320 g/mol. The van der Waals surface area contributed by atoms with Gasteiger partial charge in [0.05, 0.1) is 18.7 Å². The molecule has 2 amide bonds. The molecule has 2 aliphatic rings. The van der Waals surface area contributed by atoms with Gasteiger partial charge in [-0.05, 0) is 13.0 Å². The molecule has 1 atom stereocenters. The van der Waals surface area contributed by atoms with Gasteiger partial charge in [0.2, 0.25) is 11.8 Å². The van der Waals surface area contributed by atoms with Crippen LogP contribution in [0.3, 0.4) is 0 Å². The Morgan fingerprint density at radius 2 is 2.12 bits per heavy atom. The second kappa shape index (κ2) is 8.24. The number of aromatic nitrogens is 2. The standard InChI is InChI=1S/C17H26N6O2/c1-2-21-9-6-20-17(25)14(21)12-16(24)23-8-3-7-22(10-11-23)15-13-18-4-5-19-15/h4-5,13-14H,2-3,6-12H2,1H3,(H,20,25). The molecule has 0 aliphatic carbocycles. The van der Waals surface area contributed by atoms with E-state index in [1.54, 1.807) is 18.6 Å². The molecule has 0 radical (unpaired) electrons. The molecule has 2 aliphatic heterocycles. The van der Waals surface area contributed by atoms with E-state index in [9.17, 15) is 9.59 Å². The molecule has 1 unspecified atom stereocenters. The van der Waals surface area contributed by atoms with Crippen LogP contribution in [0.2, 0.25) is 0 Å². The van der Waals surface area contributed by atoms with Gasteiger partial charge in [-0.15, -0.1) is 0 Å². The van der Waals surface area contributed by atoms with Crippen LogP contribution < -0.4 is 10.2 Å². The number of nitrogens with one attached hydrogen (secondary N) is 1. The summed E-state index contributed by atoms with van der Waals surface area (Å²) in [5.41, 5.74) is 0. The highest BCUT2D eigenvalue weighted by Crippen LogP contribution is 2.15. The number of hydrogen-bond acceptors (Lipinski definition) is 6. The Morgan fingerprint density at radius 3 is 2.88 bits per heavy atom. The minimum absolute atomic E-state index is 0.0301. The molecule has 8 heteroatoms. The third-order valence-electron chi connectivity index (χ3n) is 4.94. The smallest absolute Gasteiger partial charge is 0.237 e. The van der Waals surface area contributed by atoms with E-state index in [0.717, 1.165) is 45.0 Å². The first-order valence-electron chi connectivity index (χ1n) is 8.99. The Bertz CT molecular complexity index is 596. The van der Waals surface area contributed by atoms with Gasteiger partial charge in [0.1, 0.15) is 5.82 Å². The Balaban J connectivity index is 1.58. The molecule has 3 heterocycles. The lowest BCUT2D eigenvalue weighted by molar-refractivity contribution is -0.138.